The largest absolute Gasteiger partial charge is 0.415 e. The molecule has 0 aromatic heterocycles. The number of fused-ring (bicyclic) bond motifs is 1. The Balaban J connectivity index is 2.02. The van der Waals surface area contributed by atoms with E-state index in [1.165, 1.54) is 0 Å². The molecule has 0 saturated heterocycles. The highest BCUT2D eigenvalue weighted by atomic mass is 28.4. The van der Waals surface area contributed by atoms with Gasteiger partial charge in [-0.15, -0.1) is 0 Å². The summed E-state index contributed by atoms with van der Waals surface area (Å²) in [5, 5.41) is 0.190. The number of nitrogens with zero attached hydrogens (tertiary/aromatic N) is 1. The Labute approximate surface area is 129 Å². The van der Waals surface area contributed by atoms with Gasteiger partial charge in [0.15, 0.2) is 8.32 Å². The minimum atomic E-state index is -1.76. The van der Waals surface area contributed by atoms with Crippen molar-refractivity contribution in [2.75, 3.05) is 18.1 Å². The maximum Gasteiger partial charge on any atom is 0.235 e. The smallest absolute Gasteiger partial charge is 0.235 e. The second kappa shape index (κ2) is 5.93. The Hall–Kier alpha value is -1.13. The van der Waals surface area contributed by atoms with Crippen LogP contribution in [0, 0.1) is 6.42 Å². The number of carbonyl (C=O) groups is 1. The molecule has 1 aliphatic heterocycles. The average Bonchev–Trinajstić information content (AvgIpc) is 2.40. The summed E-state index contributed by atoms with van der Waals surface area (Å²) in [7, 11) is -1.76. The van der Waals surface area contributed by atoms with Crippen LogP contribution in [0.1, 0.15) is 26.3 Å². The van der Waals surface area contributed by atoms with Gasteiger partial charge in [0.1, 0.15) is 0 Å². The maximum absolute atomic E-state index is 12.1. The van der Waals surface area contributed by atoms with Crippen LogP contribution in [0.2, 0.25) is 18.1 Å². The van der Waals surface area contributed by atoms with Gasteiger partial charge in [-0.2, -0.15) is 0 Å². The molecule has 1 aliphatic rings. The van der Waals surface area contributed by atoms with E-state index in [4.69, 9.17) is 4.43 Å². The molecule has 0 spiro atoms. The Kier molecular flexibility index (Phi) is 4.59. The van der Waals surface area contributed by atoms with Crippen molar-refractivity contribution in [3.63, 3.8) is 0 Å². The summed E-state index contributed by atoms with van der Waals surface area (Å²) in [6.45, 7) is 12.3. The van der Waals surface area contributed by atoms with Gasteiger partial charge < -0.3 is 9.33 Å². The molecule has 1 heterocycles. The Morgan fingerprint density at radius 1 is 1.29 bits per heavy atom. The Morgan fingerprint density at radius 3 is 2.62 bits per heavy atom. The molecule has 2 rings (SSSR count). The number of hydrogen-bond donors (Lipinski definition) is 0. The minimum Gasteiger partial charge on any atom is -0.415 e. The van der Waals surface area contributed by atoms with Gasteiger partial charge in [-0.1, -0.05) is 39.0 Å². The topological polar surface area (TPSA) is 29.5 Å². The first kappa shape index (κ1) is 16.2. The van der Waals surface area contributed by atoms with Gasteiger partial charge in [-0.3, -0.25) is 4.79 Å². The molecular formula is C17H25NO2Si. The van der Waals surface area contributed by atoms with Crippen LogP contribution in [0.5, 0.6) is 0 Å². The lowest BCUT2D eigenvalue weighted by atomic mass is 10.0. The van der Waals surface area contributed by atoms with Gasteiger partial charge in [-0.25, -0.2) is 0 Å². The maximum atomic E-state index is 12.1. The number of anilines is 1. The fourth-order valence-electron chi connectivity index (χ4n) is 2.13. The fourth-order valence-corrected chi connectivity index (χ4v) is 3.16. The summed E-state index contributed by atoms with van der Waals surface area (Å²) >= 11 is 0. The highest BCUT2D eigenvalue weighted by Crippen LogP contribution is 2.36. The van der Waals surface area contributed by atoms with Crippen molar-refractivity contribution in [2.45, 2.75) is 45.3 Å². The third kappa shape index (κ3) is 3.55. The zero-order chi connectivity index (χ0) is 15.7. The molecule has 1 aromatic rings. The Bertz CT molecular complexity index is 520. The highest BCUT2D eigenvalue weighted by Gasteiger charge is 2.37. The van der Waals surface area contributed by atoms with E-state index >= 15 is 0 Å². The molecule has 114 valence electrons. The summed E-state index contributed by atoms with van der Waals surface area (Å²) in [5.74, 6) is -0.0347. The molecule has 0 unspecified atom stereocenters. The molecule has 21 heavy (non-hydrogen) atoms. The van der Waals surface area contributed by atoms with Crippen LogP contribution in [0.15, 0.2) is 24.3 Å². The van der Waals surface area contributed by atoms with Crippen LogP contribution < -0.4 is 4.90 Å². The normalized spacial score (nSPS) is 16.0. The van der Waals surface area contributed by atoms with Crippen LogP contribution in [-0.2, 0) is 15.6 Å². The number of hydrogen-bond acceptors (Lipinski definition) is 2. The second-order valence-corrected chi connectivity index (χ2v) is 11.9. The molecule has 0 fully saturated rings. The SMILES string of the molecule is CC(C)(C)[Si](C)(C)OCCN1C(=O)[C]Cc2ccccc21. The number of para-hydroxylation sites is 1. The van der Waals surface area contributed by atoms with E-state index in [-0.39, 0.29) is 10.9 Å². The predicted molar refractivity (Wildman–Crippen MR) is 88.9 cm³/mol. The summed E-state index contributed by atoms with van der Waals surface area (Å²) in [4.78, 5) is 13.9. The van der Waals surface area contributed by atoms with Crippen molar-refractivity contribution in [1.82, 2.24) is 0 Å². The molecule has 0 aliphatic carbocycles. The van der Waals surface area contributed by atoms with Gasteiger partial charge in [0.2, 0.25) is 5.91 Å². The van der Waals surface area contributed by atoms with E-state index in [9.17, 15) is 4.79 Å². The summed E-state index contributed by atoms with van der Waals surface area (Å²) in [6.07, 6.45) is 3.51. The zero-order valence-corrected chi connectivity index (χ0v) is 14.7. The lowest BCUT2D eigenvalue weighted by Gasteiger charge is -2.37. The third-order valence-corrected chi connectivity index (χ3v) is 9.08. The molecule has 4 heteroatoms. The van der Waals surface area contributed by atoms with Gasteiger partial charge >= 0.3 is 0 Å². The molecule has 1 aromatic carbocycles. The van der Waals surface area contributed by atoms with Crippen molar-refractivity contribution in [3.8, 4) is 0 Å². The van der Waals surface area contributed by atoms with Crippen LogP contribution in [0.25, 0.3) is 0 Å². The molecule has 2 radical (unpaired) electrons. The van der Waals surface area contributed by atoms with Gasteiger partial charge in [-0.05, 0) is 36.2 Å². The van der Waals surface area contributed by atoms with Gasteiger partial charge in [0, 0.05) is 12.2 Å². The molecule has 1 amide bonds. The number of carbonyl (C=O) groups excluding carboxylic acids is 1. The lowest BCUT2D eigenvalue weighted by Crippen LogP contribution is -2.44. The van der Waals surface area contributed by atoms with Crippen molar-refractivity contribution in [1.29, 1.82) is 0 Å². The van der Waals surface area contributed by atoms with Gasteiger partial charge in [0.05, 0.1) is 13.0 Å². The molecule has 0 atom stereocenters. The van der Waals surface area contributed by atoms with Crippen molar-refractivity contribution < 1.29 is 9.22 Å². The quantitative estimate of drug-likeness (QED) is 0.794. The zero-order valence-electron chi connectivity index (χ0n) is 13.7. The van der Waals surface area contributed by atoms with E-state index in [1.807, 2.05) is 18.2 Å². The van der Waals surface area contributed by atoms with Crippen molar-refractivity contribution in [3.05, 3.63) is 36.2 Å². The van der Waals surface area contributed by atoms with Crippen LogP contribution in [0.4, 0.5) is 5.69 Å². The first-order chi connectivity index (χ1) is 9.72. The van der Waals surface area contributed by atoms with Crippen LogP contribution >= 0.6 is 0 Å². The van der Waals surface area contributed by atoms with Crippen LogP contribution in [0.3, 0.4) is 0 Å². The summed E-state index contributed by atoms with van der Waals surface area (Å²) in [5.41, 5.74) is 2.16. The lowest BCUT2D eigenvalue weighted by molar-refractivity contribution is -0.115. The minimum absolute atomic E-state index is 0.0347. The highest BCUT2D eigenvalue weighted by molar-refractivity contribution is 6.74. The summed E-state index contributed by atoms with van der Waals surface area (Å²) < 4.78 is 6.18. The third-order valence-electron chi connectivity index (χ3n) is 4.54. The molecular weight excluding hydrogens is 278 g/mol. The van der Waals surface area contributed by atoms with E-state index in [0.29, 0.717) is 19.6 Å². The molecule has 0 saturated carbocycles. The number of amides is 1. The monoisotopic (exact) mass is 303 g/mol. The second-order valence-electron chi connectivity index (χ2n) is 7.05. The first-order valence-corrected chi connectivity index (χ1v) is 10.4. The fraction of sp³-hybridized carbons (Fsp3) is 0.529. The number of rotatable bonds is 4. The average molecular weight is 303 g/mol. The Morgan fingerprint density at radius 2 is 1.95 bits per heavy atom. The van der Waals surface area contributed by atoms with E-state index in [2.05, 4.69) is 46.4 Å². The molecule has 0 bridgehead atoms. The van der Waals surface area contributed by atoms with Crippen molar-refractivity contribution in [2.24, 2.45) is 0 Å². The van der Waals surface area contributed by atoms with Crippen molar-refractivity contribution >= 4 is 19.9 Å². The molecule has 3 nitrogen and oxygen atoms in total. The summed E-state index contributed by atoms with van der Waals surface area (Å²) in [6, 6.07) is 8.02. The van der Waals surface area contributed by atoms with E-state index < -0.39 is 8.32 Å². The molecule has 0 N–H and O–H groups in total. The standard InChI is InChI=1S/C17H25NO2Si/c1-17(2,3)21(4,5)20-13-12-18-15-9-7-6-8-14(15)10-11-16(18)19/h6-9H,10,12-13H2,1-5H3. The van der Waals surface area contributed by atoms with Crippen LogP contribution in [-0.4, -0.2) is 27.4 Å². The van der Waals surface area contributed by atoms with Gasteiger partial charge in [0.25, 0.3) is 0 Å². The van der Waals surface area contributed by atoms with E-state index in [0.717, 1.165) is 11.3 Å². The predicted octanol–water partition coefficient (Wildman–Crippen LogP) is 3.68. The first-order valence-electron chi connectivity index (χ1n) is 7.49. The van der Waals surface area contributed by atoms with E-state index in [1.54, 1.807) is 4.90 Å². The number of benzene rings is 1.